The summed E-state index contributed by atoms with van der Waals surface area (Å²) in [4.78, 5) is 0. The van der Waals surface area contributed by atoms with Gasteiger partial charge in [-0.3, -0.25) is 0 Å². The smallest absolute Gasteiger partial charge is 0.160 e. The third kappa shape index (κ3) is 3.27. The second-order valence-corrected chi connectivity index (χ2v) is 4.14. The van der Waals surface area contributed by atoms with Crippen molar-refractivity contribution in [3.63, 3.8) is 0 Å². The Morgan fingerprint density at radius 1 is 1.06 bits per heavy atom. The molecule has 0 unspecified atom stereocenters. The maximum atomic E-state index is 5.33. The van der Waals surface area contributed by atoms with E-state index in [1.807, 2.05) is 6.07 Å². The van der Waals surface area contributed by atoms with E-state index in [0.29, 0.717) is 5.92 Å². The topological polar surface area (TPSA) is 30.5 Å². The molecule has 1 aromatic carbocycles. The van der Waals surface area contributed by atoms with E-state index < -0.39 is 0 Å². The summed E-state index contributed by atoms with van der Waals surface area (Å²) in [6.07, 6.45) is 2.41. The number of halogens is 1. The van der Waals surface area contributed by atoms with Gasteiger partial charge in [0.05, 0.1) is 14.2 Å². The highest BCUT2D eigenvalue weighted by Crippen LogP contribution is 2.33. The van der Waals surface area contributed by atoms with Crippen LogP contribution in [0.15, 0.2) is 18.2 Å². The molecule has 1 aliphatic heterocycles. The molecule has 0 spiro atoms. The standard InChI is InChI=1S/C13H19NO2.ClH/c1-15-12-4-3-11(9-13(12)16-2)10-5-7-14-8-6-10;/h3-4,9-10,14H,5-8H2,1-2H3;1H. The maximum Gasteiger partial charge on any atom is 0.160 e. The Labute approximate surface area is 109 Å². The van der Waals surface area contributed by atoms with E-state index in [4.69, 9.17) is 9.47 Å². The molecule has 2 rings (SSSR count). The molecule has 1 saturated heterocycles. The summed E-state index contributed by atoms with van der Waals surface area (Å²) in [5.74, 6) is 2.29. The zero-order valence-corrected chi connectivity index (χ0v) is 11.2. The normalized spacial score (nSPS) is 16.1. The van der Waals surface area contributed by atoms with Gasteiger partial charge in [0.2, 0.25) is 0 Å². The predicted octanol–water partition coefficient (Wildman–Crippen LogP) is 2.59. The van der Waals surface area contributed by atoms with Crippen LogP contribution in [0.2, 0.25) is 0 Å². The molecular formula is C13H20ClNO2. The van der Waals surface area contributed by atoms with E-state index in [9.17, 15) is 0 Å². The highest BCUT2D eigenvalue weighted by atomic mass is 35.5. The van der Waals surface area contributed by atoms with Crippen LogP contribution in [-0.4, -0.2) is 27.3 Å². The van der Waals surface area contributed by atoms with E-state index in [2.05, 4.69) is 17.4 Å². The van der Waals surface area contributed by atoms with Gasteiger partial charge in [0.1, 0.15) is 0 Å². The minimum atomic E-state index is 0. The van der Waals surface area contributed by atoms with Crippen molar-refractivity contribution in [1.82, 2.24) is 5.32 Å². The first-order chi connectivity index (χ1) is 7.85. The number of piperidine rings is 1. The summed E-state index contributed by atoms with van der Waals surface area (Å²) in [5, 5.41) is 3.38. The van der Waals surface area contributed by atoms with Gasteiger partial charge in [-0.25, -0.2) is 0 Å². The van der Waals surface area contributed by atoms with Gasteiger partial charge in [-0.15, -0.1) is 12.4 Å². The minimum Gasteiger partial charge on any atom is -0.493 e. The summed E-state index contributed by atoms with van der Waals surface area (Å²) in [6.45, 7) is 2.22. The van der Waals surface area contributed by atoms with Crippen LogP contribution in [0, 0.1) is 0 Å². The van der Waals surface area contributed by atoms with Crippen LogP contribution < -0.4 is 14.8 Å². The van der Waals surface area contributed by atoms with Gasteiger partial charge in [0.15, 0.2) is 11.5 Å². The summed E-state index contributed by atoms with van der Waals surface area (Å²) in [6, 6.07) is 6.25. The summed E-state index contributed by atoms with van der Waals surface area (Å²) in [7, 11) is 3.35. The number of hydrogen-bond acceptors (Lipinski definition) is 3. The highest BCUT2D eigenvalue weighted by Gasteiger charge is 2.16. The fourth-order valence-electron chi connectivity index (χ4n) is 2.26. The van der Waals surface area contributed by atoms with E-state index in [-0.39, 0.29) is 12.4 Å². The van der Waals surface area contributed by atoms with Crippen molar-refractivity contribution >= 4 is 12.4 Å². The summed E-state index contributed by atoms with van der Waals surface area (Å²) in [5.41, 5.74) is 1.36. The molecule has 1 heterocycles. The molecule has 0 atom stereocenters. The molecule has 3 nitrogen and oxygen atoms in total. The Bertz CT molecular complexity index is 351. The van der Waals surface area contributed by atoms with Crippen LogP contribution >= 0.6 is 12.4 Å². The molecule has 0 aromatic heterocycles. The van der Waals surface area contributed by atoms with Gasteiger partial charge < -0.3 is 14.8 Å². The van der Waals surface area contributed by atoms with Crippen molar-refractivity contribution in [2.45, 2.75) is 18.8 Å². The molecule has 0 radical (unpaired) electrons. The first-order valence-electron chi connectivity index (χ1n) is 5.78. The Morgan fingerprint density at radius 3 is 2.29 bits per heavy atom. The monoisotopic (exact) mass is 257 g/mol. The predicted molar refractivity (Wildman–Crippen MR) is 71.6 cm³/mol. The molecular weight excluding hydrogens is 238 g/mol. The fourth-order valence-corrected chi connectivity index (χ4v) is 2.26. The molecule has 1 N–H and O–H groups in total. The van der Waals surface area contributed by atoms with Crippen LogP contribution in [-0.2, 0) is 0 Å². The average Bonchev–Trinajstić information content (AvgIpc) is 2.39. The lowest BCUT2D eigenvalue weighted by atomic mass is 9.90. The number of ether oxygens (including phenoxy) is 2. The average molecular weight is 258 g/mol. The zero-order chi connectivity index (χ0) is 11.4. The lowest BCUT2D eigenvalue weighted by Crippen LogP contribution is -2.26. The molecule has 4 heteroatoms. The van der Waals surface area contributed by atoms with E-state index >= 15 is 0 Å². The lowest BCUT2D eigenvalue weighted by molar-refractivity contribution is 0.353. The maximum absolute atomic E-state index is 5.33. The first-order valence-corrected chi connectivity index (χ1v) is 5.78. The van der Waals surface area contributed by atoms with Crippen molar-refractivity contribution in [1.29, 1.82) is 0 Å². The highest BCUT2D eigenvalue weighted by molar-refractivity contribution is 5.85. The first kappa shape index (κ1) is 14.1. The van der Waals surface area contributed by atoms with Crippen molar-refractivity contribution < 1.29 is 9.47 Å². The number of benzene rings is 1. The second kappa shape index (κ2) is 6.72. The van der Waals surface area contributed by atoms with Gasteiger partial charge in [-0.2, -0.15) is 0 Å². The quantitative estimate of drug-likeness (QED) is 0.903. The van der Waals surface area contributed by atoms with E-state index in [0.717, 1.165) is 24.6 Å². The Balaban J connectivity index is 0.00000144. The van der Waals surface area contributed by atoms with Crippen LogP contribution in [0.4, 0.5) is 0 Å². The van der Waals surface area contributed by atoms with Crippen molar-refractivity contribution in [2.75, 3.05) is 27.3 Å². The van der Waals surface area contributed by atoms with Gasteiger partial charge in [-0.05, 0) is 49.5 Å². The molecule has 1 aliphatic rings. The SMILES string of the molecule is COc1ccc(C2CCNCC2)cc1OC.Cl. The molecule has 1 aromatic rings. The molecule has 0 bridgehead atoms. The molecule has 0 amide bonds. The third-order valence-electron chi connectivity index (χ3n) is 3.22. The number of rotatable bonds is 3. The fraction of sp³-hybridized carbons (Fsp3) is 0.538. The van der Waals surface area contributed by atoms with Crippen molar-refractivity contribution in [3.8, 4) is 11.5 Å². The van der Waals surface area contributed by atoms with Crippen molar-refractivity contribution in [2.24, 2.45) is 0 Å². The molecule has 0 aliphatic carbocycles. The number of nitrogens with one attached hydrogen (secondary N) is 1. The van der Waals surface area contributed by atoms with E-state index in [1.54, 1.807) is 14.2 Å². The zero-order valence-electron chi connectivity index (χ0n) is 10.4. The number of hydrogen-bond donors (Lipinski definition) is 1. The third-order valence-corrected chi connectivity index (χ3v) is 3.22. The Morgan fingerprint density at radius 2 is 1.71 bits per heavy atom. The van der Waals surface area contributed by atoms with Gasteiger partial charge >= 0.3 is 0 Å². The molecule has 96 valence electrons. The van der Waals surface area contributed by atoms with Crippen LogP contribution in [0.1, 0.15) is 24.3 Å². The van der Waals surface area contributed by atoms with Crippen LogP contribution in [0.25, 0.3) is 0 Å². The van der Waals surface area contributed by atoms with E-state index in [1.165, 1.54) is 18.4 Å². The van der Waals surface area contributed by atoms with Crippen LogP contribution in [0.5, 0.6) is 11.5 Å². The molecule has 17 heavy (non-hydrogen) atoms. The summed E-state index contributed by atoms with van der Waals surface area (Å²) >= 11 is 0. The Kier molecular flexibility index (Phi) is 5.59. The van der Waals surface area contributed by atoms with Gasteiger partial charge in [0, 0.05) is 0 Å². The largest absolute Gasteiger partial charge is 0.493 e. The summed E-state index contributed by atoms with van der Waals surface area (Å²) < 4.78 is 10.6. The van der Waals surface area contributed by atoms with Gasteiger partial charge in [-0.1, -0.05) is 6.07 Å². The van der Waals surface area contributed by atoms with Gasteiger partial charge in [0.25, 0.3) is 0 Å². The lowest BCUT2D eigenvalue weighted by Gasteiger charge is -2.23. The Hall–Kier alpha value is -0.930. The second-order valence-electron chi connectivity index (χ2n) is 4.14. The minimum absolute atomic E-state index is 0. The number of methoxy groups -OCH3 is 2. The molecule has 0 saturated carbocycles. The van der Waals surface area contributed by atoms with Crippen molar-refractivity contribution in [3.05, 3.63) is 23.8 Å². The van der Waals surface area contributed by atoms with Crippen LogP contribution in [0.3, 0.4) is 0 Å². The molecule has 1 fully saturated rings.